The van der Waals surface area contributed by atoms with Gasteiger partial charge in [-0.25, -0.2) is 0 Å². The van der Waals surface area contributed by atoms with E-state index in [0.717, 1.165) is 111 Å². The minimum absolute atomic E-state index is 0.151. The van der Waals surface area contributed by atoms with Gasteiger partial charge in [-0.3, -0.25) is 28.8 Å². The summed E-state index contributed by atoms with van der Waals surface area (Å²) in [6.07, 6.45) is 34.8. The molecule has 0 aliphatic carbocycles. The van der Waals surface area contributed by atoms with Gasteiger partial charge in [0, 0.05) is 40.5 Å². The van der Waals surface area contributed by atoms with Crippen LogP contribution >= 0.6 is 0 Å². The zero-order valence-electron chi connectivity index (χ0n) is 42.6. The molecule has 0 saturated carbocycles. The van der Waals surface area contributed by atoms with Crippen LogP contribution in [0.4, 0.5) is 0 Å². The largest absolute Gasteiger partial charge is 0.465 e. The lowest BCUT2D eigenvalue weighted by atomic mass is 9.98. The van der Waals surface area contributed by atoms with Gasteiger partial charge in [-0.1, -0.05) is 127 Å². The van der Waals surface area contributed by atoms with E-state index in [9.17, 15) is 28.8 Å². The maximum Gasteiger partial charge on any atom is 0.305 e. The van der Waals surface area contributed by atoms with Gasteiger partial charge in [-0.05, 0) is 77.0 Å². The highest BCUT2D eigenvalue weighted by molar-refractivity contribution is 5.70. The fourth-order valence-electron chi connectivity index (χ4n) is 7.43. The first-order chi connectivity index (χ1) is 32.9. The third-order valence-electron chi connectivity index (χ3n) is 11.1. The van der Waals surface area contributed by atoms with Crippen molar-refractivity contribution in [2.45, 2.75) is 226 Å². The van der Waals surface area contributed by atoms with E-state index < -0.39 is 79.0 Å². The summed E-state index contributed by atoms with van der Waals surface area (Å²) in [5.41, 5.74) is 0. The second kappa shape index (κ2) is 41.7. The van der Waals surface area contributed by atoms with E-state index in [1.165, 1.54) is 45.4 Å². The van der Waals surface area contributed by atoms with Gasteiger partial charge in [0.25, 0.3) is 0 Å². The Bertz CT molecular complexity index is 1440. The quantitative estimate of drug-likeness (QED) is 0.0245. The predicted octanol–water partition coefficient (Wildman–Crippen LogP) is 11.4. The Morgan fingerprint density at radius 1 is 0.441 bits per heavy atom. The molecule has 1 aliphatic heterocycles. The highest BCUT2D eigenvalue weighted by Crippen LogP contribution is 2.30. The van der Waals surface area contributed by atoms with Crippen LogP contribution < -0.4 is 0 Å². The Hall–Kier alpha value is -4.30. The third-order valence-corrected chi connectivity index (χ3v) is 11.1. The lowest BCUT2D eigenvalue weighted by molar-refractivity contribution is -0.310. The van der Waals surface area contributed by atoms with Gasteiger partial charge in [0.05, 0.1) is 25.7 Å². The van der Waals surface area contributed by atoms with Crippen molar-refractivity contribution in [2.75, 3.05) is 26.4 Å². The van der Waals surface area contributed by atoms with Crippen LogP contribution in [0.1, 0.15) is 196 Å². The van der Waals surface area contributed by atoms with E-state index in [2.05, 4.69) is 62.5 Å². The number of carbonyl (C=O) groups is 6. The van der Waals surface area contributed by atoms with Crippen LogP contribution in [0.3, 0.4) is 0 Å². The molecule has 388 valence electrons. The van der Waals surface area contributed by atoms with Crippen molar-refractivity contribution < 1.29 is 66.7 Å². The number of allylic oxidation sites excluding steroid dienone is 8. The summed E-state index contributed by atoms with van der Waals surface area (Å²) in [6.45, 7) is 8.07. The zero-order chi connectivity index (χ0) is 50.0. The van der Waals surface area contributed by atoms with E-state index in [1.54, 1.807) is 0 Å². The third kappa shape index (κ3) is 34.1. The molecule has 0 aromatic rings. The van der Waals surface area contributed by atoms with Gasteiger partial charge in [0.1, 0.15) is 12.7 Å². The van der Waals surface area contributed by atoms with E-state index in [4.69, 9.17) is 37.9 Å². The van der Waals surface area contributed by atoms with Crippen LogP contribution in [0.2, 0.25) is 0 Å². The number of unbranched alkanes of at least 4 members (excludes halogenated alkanes) is 16. The van der Waals surface area contributed by atoms with Crippen molar-refractivity contribution in [1.29, 1.82) is 0 Å². The number of hydrogen-bond acceptors (Lipinski definition) is 14. The summed E-state index contributed by atoms with van der Waals surface area (Å²) in [5.74, 6) is -4.43. The van der Waals surface area contributed by atoms with Gasteiger partial charge in [0.15, 0.2) is 24.6 Å². The Balaban J connectivity index is 2.83. The number of rotatable bonds is 40. The molecule has 1 aliphatic rings. The highest BCUT2D eigenvalue weighted by Gasteiger charge is 2.53. The lowest BCUT2D eigenvalue weighted by Crippen LogP contribution is -2.63. The van der Waals surface area contributed by atoms with Crippen molar-refractivity contribution in [3.8, 4) is 0 Å². The van der Waals surface area contributed by atoms with Crippen molar-refractivity contribution in [3.63, 3.8) is 0 Å². The first-order valence-corrected chi connectivity index (χ1v) is 25.7. The molecule has 1 saturated heterocycles. The maximum absolute atomic E-state index is 12.9. The topological polar surface area (TPSA) is 176 Å². The van der Waals surface area contributed by atoms with Crippen molar-refractivity contribution in [1.82, 2.24) is 0 Å². The van der Waals surface area contributed by atoms with Crippen molar-refractivity contribution >= 4 is 35.8 Å². The van der Waals surface area contributed by atoms with Crippen LogP contribution in [0, 0.1) is 5.92 Å². The molecule has 14 nitrogen and oxygen atoms in total. The number of hydrogen-bond donors (Lipinski definition) is 0. The molecule has 1 fully saturated rings. The Labute approximate surface area is 408 Å². The molecule has 68 heavy (non-hydrogen) atoms. The Morgan fingerprint density at radius 2 is 0.838 bits per heavy atom. The Kier molecular flexibility index (Phi) is 37.8. The molecular weight excluding hydrogens is 873 g/mol. The molecule has 0 N–H and O–H groups in total. The number of carbonyl (C=O) groups excluding carboxylic acids is 6. The van der Waals surface area contributed by atoms with Gasteiger partial charge < -0.3 is 37.9 Å². The monoisotopic (exact) mass is 961 g/mol. The predicted molar refractivity (Wildman–Crippen MR) is 262 cm³/mol. The van der Waals surface area contributed by atoms with E-state index in [1.807, 2.05) is 0 Å². The maximum atomic E-state index is 12.9. The lowest BCUT2D eigenvalue weighted by Gasteiger charge is -2.44. The van der Waals surface area contributed by atoms with Crippen LogP contribution in [0.5, 0.6) is 0 Å². The molecule has 0 amide bonds. The first kappa shape index (κ1) is 61.7. The molecular formula is C54H88O14. The minimum Gasteiger partial charge on any atom is -0.465 e. The molecule has 0 aromatic heterocycles. The van der Waals surface area contributed by atoms with Crippen LogP contribution in [-0.2, 0) is 66.7 Å². The number of ether oxygens (including phenoxy) is 8. The fourth-order valence-corrected chi connectivity index (χ4v) is 7.43. The highest BCUT2D eigenvalue weighted by atomic mass is 16.7. The standard InChI is InChI=1S/C54H88O14/c1-7-9-11-13-15-17-19-21-23-25-27-29-31-33-35-37-49(59)62-39-47(40-63-50(60)38-36-34-32-30-28-26-24-22-20-18-16-14-12-10-8-2)41-64-54-53(67-46(6)58)52(66-45(5)57)51(65-44(4)56)48(68-54)42-61-43(3)55/h15-18,21-24,47-48,51-54H,7-14,19-20,25-42H2,1-6H3/b17-15-,18-16-,23-21-,24-22-/t48-,51-,52+,53-,54-/m1/s1. The van der Waals surface area contributed by atoms with Gasteiger partial charge in [-0.15, -0.1) is 0 Å². The molecule has 0 aromatic carbocycles. The first-order valence-electron chi connectivity index (χ1n) is 25.7. The molecule has 14 heteroatoms. The summed E-state index contributed by atoms with van der Waals surface area (Å²) in [6, 6.07) is 0. The molecule has 0 bridgehead atoms. The Morgan fingerprint density at radius 3 is 1.26 bits per heavy atom. The van der Waals surface area contributed by atoms with Crippen LogP contribution in [0.15, 0.2) is 48.6 Å². The summed E-state index contributed by atoms with van der Waals surface area (Å²) in [7, 11) is 0. The van der Waals surface area contributed by atoms with Crippen molar-refractivity contribution in [2.24, 2.45) is 5.92 Å². The second-order valence-corrected chi connectivity index (χ2v) is 17.6. The minimum atomic E-state index is -1.44. The fraction of sp³-hybridized carbons (Fsp3) is 0.741. The van der Waals surface area contributed by atoms with Crippen LogP contribution in [0.25, 0.3) is 0 Å². The smallest absolute Gasteiger partial charge is 0.305 e. The zero-order valence-corrected chi connectivity index (χ0v) is 42.6. The molecule has 0 spiro atoms. The summed E-state index contributed by atoms with van der Waals surface area (Å²) in [5, 5.41) is 0. The summed E-state index contributed by atoms with van der Waals surface area (Å²) < 4.78 is 45.2. The molecule has 0 unspecified atom stereocenters. The summed E-state index contributed by atoms with van der Waals surface area (Å²) in [4.78, 5) is 74.4. The average molecular weight is 961 g/mol. The molecule has 1 heterocycles. The van der Waals surface area contributed by atoms with E-state index >= 15 is 0 Å². The summed E-state index contributed by atoms with van der Waals surface area (Å²) >= 11 is 0. The van der Waals surface area contributed by atoms with Gasteiger partial charge >= 0.3 is 35.8 Å². The van der Waals surface area contributed by atoms with Gasteiger partial charge in [0.2, 0.25) is 0 Å². The normalized spacial score (nSPS) is 18.4. The van der Waals surface area contributed by atoms with Gasteiger partial charge in [-0.2, -0.15) is 0 Å². The van der Waals surface area contributed by atoms with E-state index in [-0.39, 0.29) is 32.7 Å². The second-order valence-electron chi connectivity index (χ2n) is 17.6. The van der Waals surface area contributed by atoms with Crippen LogP contribution in [-0.4, -0.2) is 92.9 Å². The van der Waals surface area contributed by atoms with Crippen molar-refractivity contribution in [3.05, 3.63) is 48.6 Å². The molecule has 1 rings (SSSR count). The van der Waals surface area contributed by atoms with E-state index in [0.29, 0.717) is 12.8 Å². The molecule has 5 atom stereocenters. The number of esters is 6. The average Bonchev–Trinajstić information content (AvgIpc) is 3.29. The molecule has 0 radical (unpaired) electrons. The SMILES string of the molecule is CCCCC/C=C\C/C=C\CCCCCCCC(=O)OCC(COC(=O)CCCCCCC/C=C\C/C=C\CCCCC)CO[C@@H]1O[C@H](COC(C)=O)[C@@H](OC(C)=O)[C@H](OC(C)=O)[C@H]1OC(C)=O.